The van der Waals surface area contributed by atoms with Crippen LogP contribution in [0.5, 0.6) is 0 Å². The van der Waals surface area contributed by atoms with Gasteiger partial charge < -0.3 is 10.6 Å². The molecule has 1 aliphatic heterocycles. The number of hydrogen-bond acceptors (Lipinski definition) is 2. The van der Waals surface area contributed by atoms with E-state index < -0.39 is 0 Å². The van der Waals surface area contributed by atoms with Crippen LogP contribution in [0.1, 0.15) is 26.3 Å². The SMILES string of the molecule is O=C(Nc1ccc(-c2ccc(Cl)cc2Cl)c2c1C(=O)NC2)c1ccccc1. The van der Waals surface area contributed by atoms with Crippen LogP contribution < -0.4 is 10.6 Å². The molecule has 27 heavy (non-hydrogen) atoms. The van der Waals surface area contributed by atoms with Gasteiger partial charge in [-0.2, -0.15) is 0 Å². The van der Waals surface area contributed by atoms with Gasteiger partial charge >= 0.3 is 0 Å². The zero-order valence-electron chi connectivity index (χ0n) is 14.1. The van der Waals surface area contributed by atoms with E-state index in [1.54, 1.807) is 42.5 Å². The molecule has 0 bridgehead atoms. The monoisotopic (exact) mass is 396 g/mol. The van der Waals surface area contributed by atoms with E-state index in [2.05, 4.69) is 10.6 Å². The number of anilines is 1. The third-order valence-corrected chi connectivity index (χ3v) is 5.02. The van der Waals surface area contributed by atoms with E-state index in [1.165, 1.54) is 0 Å². The van der Waals surface area contributed by atoms with Gasteiger partial charge in [0.15, 0.2) is 0 Å². The summed E-state index contributed by atoms with van der Waals surface area (Å²) >= 11 is 12.3. The molecule has 0 saturated carbocycles. The molecule has 2 amide bonds. The second-order valence-electron chi connectivity index (χ2n) is 6.14. The molecule has 1 aliphatic rings. The van der Waals surface area contributed by atoms with Crippen molar-refractivity contribution in [3.05, 3.63) is 87.4 Å². The van der Waals surface area contributed by atoms with Crippen LogP contribution in [0.3, 0.4) is 0 Å². The molecule has 1 heterocycles. The van der Waals surface area contributed by atoms with Crippen molar-refractivity contribution < 1.29 is 9.59 Å². The highest BCUT2D eigenvalue weighted by atomic mass is 35.5. The predicted octanol–water partition coefficient (Wildman–Crippen LogP) is 5.16. The third kappa shape index (κ3) is 3.29. The Labute approximate surface area is 166 Å². The van der Waals surface area contributed by atoms with Gasteiger partial charge in [-0.3, -0.25) is 9.59 Å². The molecule has 0 fully saturated rings. The number of carbonyl (C=O) groups excluding carboxylic acids is 2. The average molecular weight is 397 g/mol. The van der Waals surface area contributed by atoms with E-state index in [9.17, 15) is 9.59 Å². The second kappa shape index (κ2) is 7.06. The number of carbonyl (C=O) groups is 2. The molecule has 0 radical (unpaired) electrons. The van der Waals surface area contributed by atoms with E-state index in [-0.39, 0.29) is 11.8 Å². The lowest BCUT2D eigenvalue weighted by Crippen LogP contribution is -2.17. The van der Waals surface area contributed by atoms with Crippen LogP contribution in [0.4, 0.5) is 5.69 Å². The molecular weight excluding hydrogens is 383 g/mol. The Morgan fingerprint density at radius 1 is 0.963 bits per heavy atom. The van der Waals surface area contributed by atoms with Crippen molar-refractivity contribution in [3.8, 4) is 11.1 Å². The van der Waals surface area contributed by atoms with Crippen LogP contribution in [0.2, 0.25) is 10.0 Å². The molecule has 0 spiro atoms. The van der Waals surface area contributed by atoms with Gasteiger partial charge in [0.2, 0.25) is 0 Å². The van der Waals surface area contributed by atoms with Gasteiger partial charge in [-0.1, -0.05) is 53.5 Å². The summed E-state index contributed by atoms with van der Waals surface area (Å²) in [7, 11) is 0. The first-order valence-electron chi connectivity index (χ1n) is 8.30. The largest absolute Gasteiger partial charge is 0.348 e. The number of fused-ring (bicyclic) bond motifs is 1. The van der Waals surface area contributed by atoms with Crippen molar-refractivity contribution in [2.75, 3.05) is 5.32 Å². The fourth-order valence-corrected chi connectivity index (χ4v) is 3.71. The molecule has 134 valence electrons. The molecule has 4 rings (SSSR count). The van der Waals surface area contributed by atoms with Gasteiger partial charge in [0.05, 0.1) is 11.3 Å². The molecule has 3 aromatic carbocycles. The Hall–Kier alpha value is -2.82. The molecule has 2 N–H and O–H groups in total. The highest BCUT2D eigenvalue weighted by molar-refractivity contribution is 6.36. The molecule has 0 unspecified atom stereocenters. The summed E-state index contributed by atoms with van der Waals surface area (Å²) in [5.41, 5.74) is 3.88. The quantitative estimate of drug-likeness (QED) is 0.642. The van der Waals surface area contributed by atoms with E-state index in [1.807, 2.05) is 18.2 Å². The Balaban J connectivity index is 1.77. The number of halogens is 2. The summed E-state index contributed by atoms with van der Waals surface area (Å²) in [6, 6.07) is 17.7. The number of hydrogen-bond donors (Lipinski definition) is 2. The van der Waals surface area contributed by atoms with Crippen LogP contribution in [0.15, 0.2) is 60.7 Å². The Morgan fingerprint density at radius 2 is 1.70 bits per heavy atom. The molecule has 3 aromatic rings. The minimum absolute atomic E-state index is 0.222. The first-order chi connectivity index (χ1) is 13.0. The number of rotatable bonds is 3. The van der Waals surface area contributed by atoms with Gasteiger partial charge in [0, 0.05) is 27.7 Å². The van der Waals surface area contributed by atoms with Gasteiger partial charge in [0.25, 0.3) is 11.8 Å². The highest BCUT2D eigenvalue weighted by Crippen LogP contribution is 2.38. The van der Waals surface area contributed by atoms with Gasteiger partial charge in [-0.05, 0) is 41.5 Å². The lowest BCUT2D eigenvalue weighted by Gasteiger charge is -2.14. The minimum Gasteiger partial charge on any atom is -0.348 e. The van der Waals surface area contributed by atoms with Crippen LogP contribution in [0.25, 0.3) is 11.1 Å². The van der Waals surface area contributed by atoms with Crippen molar-refractivity contribution in [1.82, 2.24) is 5.32 Å². The van der Waals surface area contributed by atoms with Crippen LogP contribution in [-0.4, -0.2) is 11.8 Å². The Kier molecular flexibility index (Phi) is 4.60. The second-order valence-corrected chi connectivity index (χ2v) is 6.98. The maximum atomic E-state index is 12.5. The summed E-state index contributed by atoms with van der Waals surface area (Å²) in [6.45, 7) is 0.373. The van der Waals surface area contributed by atoms with Crippen molar-refractivity contribution in [2.45, 2.75) is 6.54 Å². The normalized spacial score (nSPS) is 12.4. The Bertz CT molecular complexity index is 1070. The fourth-order valence-electron chi connectivity index (χ4n) is 3.20. The van der Waals surface area contributed by atoms with Crippen LogP contribution in [0, 0.1) is 0 Å². The first-order valence-corrected chi connectivity index (χ1v) is 9.06. The first kappa shape index (κ1) is 17.6. The highest BCUT2D eigenvalue weighted by Gasteiger charge is 2.27. The molecule has 4 nitrogen and oxygen atoms in total. The van der Waals surface area contributed by atoms with E-state index in [0.29, 0.717) is 33.4 Å². The molecule has 0 saturated heterocycles. The molecule has 0 atom stereocenters. The smallest absolute Gasteiger partial charge is 0.255 e. The van der Waals surface area contributed by atoms with Crippen molar-refractivity contribution >= 4 is 40.7 Å². The zero-order valence-corrected chi connectivity index (χ0v) is 15.6. The van der Waals surface area contributed by atoms with Crippen molar-refractivity contribution in [2.24, 2.45) is 0 Å². The maximum absolute atomic E-state index is 12.5. The zero-order chi connectivity index (χ0) is 19.0. The lowest BCUT2D eigenvalue weighted by atomic mass is 9.95. The van der Waals surface area contributed by atoms with Gasteiger partial charge in [-0.15, -0.1) is 0 Å². The molecule has 0 aromatic heterocycles. The summed E-state index contributed by atoms with van der Waals surface area (Å²) in [5.74, 6) is -0.491. The van der Waals surface area contributed by atoms with Crippen molar-refractivity contribution in [1.29, 1.82) is 0 Å². The van der Waals surface area contributed by atoms with E-state index in [0.717, 1.165) is 16.7 Å². The minimum atomic E-state index is -0.269. The maximum Gasteiger partial charge on any atom is 0.255 e. The summed E-state index contributed by atoms with van der Waals surface area (Å²) in [6.07, 6.45) is 0. The fraction of sp³-hybridized carbons (Fsp3) is 0.0476. The number of benzene rings is 3. The molecule has 6 heteroatoms. The van der Waals surface area contributed by atoms with E-state index in [4.69, 9.17) is 23.2 Å². The number of amides is 2. The number of nitrogens with one attached hydrogen (secondary N) is 2. The van der Waals surface area contributed by atoms with Crippen molar-refractivity contribution in [3.63, 3.8) is 0 Å². The lowest BCUT2D eigenvalue weighted by molar-refractivity contribution is 0.0966. The summed E-state index contributed by atoms with van der Waals surface area (Å²) in [5, 5.41) is 6.71. The standard InChI is InChI=1S/C21H14Cl2N2O2/c22-13-6-7-15(17(23)10-13)14-8-9-18(19-16(14)11-24-21(19)27)25-20(26)12-4-2-1-3-5-12/h1-10H,11H2,(H,24,27)(H,25,26). The average Bonchev–Trinajstić information content (AvgIpc) is 3.06. The predicted molar refractivity (Wildman–Crippen MR) is 107 cm³/mol. The molecular formula is C21H14Cl2N2O2. The van der Waals surface area contributed by atoms with Gasteiger partial charge in [-0.25, -0.2) is 0 Å². The van der Waals surface area contributed by atoms with Crippen LogP contribution >= 0.6 is 23.2 Å². The Morgan fingerprint density at radius 3 is 2.44 bits per heavy atom. The third-order valence-electron chi connectivity index (χ3n) is 4.47. The topological polar surface area (TPSA) is 58.2 Å². The molecule has 0 aliphatic carbocycles. The van der Waals surface area contributed by atoms with Crippen LogP contribution in [-0.2, 0) is 6.54 Å². The van der Waals surface area contributed by atoms with E-state index >= 15 is 0 Å². The summed E-state index contributed by atoms with van der Waals surface area (Å²) < 4.78 is 0. The van der Waals surface area contributed by atoms with Gasteiger partial charge in [0.1, 0.15) is 0 Å². The summed E-state index contributed by atoms with van der Waals surface area (Å²) in [4.78, 5) is 24.9.